The number of carbonyl (C=O) groups excluding carboxylic acids is 2. The Kier molecular flexibility index (Phi) is 7.02. The molecule has 1 saturated carbocycles. The van der Waals surface area contributed by atoms with Crippen molar-refractivity contribution in [2.24, 2.45) is 0 Å². The Bertz CT molecular complexity index is 1190. The van der Waals surface area contributed by atoms with Crippen molar-refractivity contribution in [1.82, 2.24) is 4.98 Å². The summed E-state index contributed by atoms with van der Waals surface area (Å²) in [5.74, 6) is -1.41. The molecular weight excluding hydrogens is 486 g/mol. The zero-order chi connectivity index (χ0) is 23.6. The van der Waals surface area contributed by atoms with Gasteiger partial charge in [0.1, 0.15) is 5.82 Å². The first-order valence-electron chi connectivity index (χ1n) is 10.5. The van der Waals surface area contributed by atoms with Gasteiger partial charge in [-0.15, -0.1) is 11.3 Å². The molecule has 0 bridgehead atoms. The van der Waals surface area contributed by atoms with Crippen molar-refractivity contribution in [2.75, 3.05) is 5.32 Å². The predicted octanol–water partition coefficient (Wildman–Crippen LogP) is 6.64. The van der Waals surface area contributed by atoms with Crippen molar-refractivity contribution in [2.45, 2.75) is 44.1 Å². The molecule has 0 radical (unpaired) electrons. The van der Waals surface area contributed by atoms with Crippen LogP contribution in [0.1, 0.15) is 38.2 Å². The van der Waals surface area contributed by atoms with Crippen molar-refractivity contribution in [3.05, 3.63) is 69.3 Å². The highest BCUT2D eigenvalue weighted by Crippen LogP contribution is 2.42. The molecule has 2 aromatic carbocycles. The Morgan fingerprint density at radius 1 is 1.15 bits per heavy atom. The third-order valence-electron chi connectivity index (χ3n) is 5.83. The van der Waals surface area contributed by atoms with Crippen LogP contribution in [0, 0.1) is 5.82 Å². The van der Waals surface area contributed by atoms with Crippen molar-refractivity contribution in [1.29, 1.82) is 0 Å². The fourth-order valence-corrected chi connectivity index (χ4v) is 5.05. The number of benzene rings is 2. The molecule has 3 aromatic rings. The molecule has 1 fully saturated rings. The Labute approximate surface area is 204 Å². The lowest BCUT2D eigenvalue weighted by molar-refractivity contribution is -0.159. The number of ether oxygens (including phenoxy) is 1. The van der Waals surface area contributed by atoms with E-state index in [0.717, 1.165) is 18.4 Å². The second-order valence-corrected chi connectivity index (χ2v) is 9.68. The molecule has 172 valence electrons. The summed E-state index contributed by atoms with van der Waals surface area (Å²) in [5, 5.41) is 5.69. The molecule has 1 heterocycles. The minimum atomic E-state index is -1.04. The Morgan fingerprint density at radius 2 is 1.91 bits per heavy atom. The van der Waals surface area contributed by atoms with E-state index in [2.05, 4.69) is 10.3 Å². The van der Waals surface area contributed by atoms with Gasteiger partial charge in [-0.3, -0.25) is 14.9 Å². The number of hydrogen-bond donors (Lipinski definition) is 1. The molecule has 1 amide bonds. The number of halogens is 3. The molecule has 0 spiro atoms. The van der Waals surface area contributed by atoms with Crippen LogP contribution in [0.25, 0.3) is 11.3 Å². The molecule has 33 heavy (non-hydrogen) atoms. The molecule has 0 saturated heterocycles. The van der Waals surface area contributed by atoms with Gasteiger partial charge < -0.3 is 4.74 Å². The molecule has 9 heteroatoms. The summed E-state index contributed by atoms with van der Waals surface area (Å²) in [6, 6.07) is 11.2. The van der Waals surface area contributed by atoms with Crippen LogP contribution in [0.3, 0.4) is 0 Å². The average Bonchev–Trinajstić information content (AvgIpc) is 3.46. The van der Waals surface area contributed by atoms with Gasteiger partial charge in [0.05, 0.1) is 21.2 Å². The van der Waals surface area contributed by atoms with E-state index in [9.17, 15) is 14.0 Å². The highest BCUT2D eigenvalue weighted by molar-refractivity contribution is 7.14. The maximum atomic E-state index is 13.8. The Hall–Kier alpha value is -2.48. The molecule has 0 aliphatic heterocycles. The summed E-state index contributed by atoms with van der Waals surface area (Å²) in [7, 11) is 0. The highest BCUT2D eigenvalue weighted by Gasteiger charge is 2.45. The number of aromatic nitrogens is 1. The summed E-state index contributed by atoms with van der Waals surface area (Å²) in [6.45, 7) is 1.51. The number of nitrogens with zero attached hydrogens (tertiary/aromatic N) is 1. The minimum absolute atomic E-state index is 0.365. The SMILES string of the molecule is C[C@H](OC(=O)C1(c2cccc(F)c2)CCCC1)C(=O)Nc1nc(-c2ccc(Cl)c(Cl)c2)cs1. The number of nitrogens with one attached hydrogen (secondary N) is 1. The first-order valence-corrected chi connectivity index (χ1v) is 12.1. The van der Waals surface area contributed by atoms with E-state index >= 15 is 0 Å². The number of anilines is 1. The molecule has 1 aliphatic rings. The number of thiazole rings is 1. The van der Waals surface area contributed by atoms with Crippen LogP contribution < -0.4 is 5.32 Å². The van der Waals surface area contributed by atoms with Gasteiger partial charge in [-0.1, -0.05) is 54.2 Å². The van der Waals surface area contributed by atoms with Gasteiger partial charge in [-0.2, -0.15) is 0 Å². The fraction of sp³-hybridized carbons (Fsp3) is 0.292. The van der Waals surface area contributed by atoms with Crippen LogP contribution in [0.4, 0.5) is 9.52 Å². The lowest BCUT2D eigenvalue weighted by Crippen LogP contribution is -2.40. The lowest BCUT2D eigenvalue weighted by atomic mass is 9.79. The third-order valence-corrected chi connectivity index (χ3v) is 7.32. The summed E-state index contributed by atoms with van der Waals surface area (Å²) < 4.78 is 19.4. The van der Waals surface area contributed by atoms with E-state index in [4.69, 9.17) is 27.9 Å². The zero-order valence-corrected chi connectivity index (χ0v) is 20.1. The van der Waals surface area contributed by atoms with Gasteiger partial charge in [0, 0.05) is 10.9 Å². The van der Waals surface area contributed by atoms with Crippen molar-refractivity contribution in [3.63, 3.8) is 0 Å². The van der Waals surface area contributed by atoms with Crippen LogP contribution in [0.15, 0.2) is 47.8 Å². The smallest absolute Gasteiger partial charge is 0.317 e. The second-order valence-electron chi connectivity index (χ2n) is 8.00. The molecule has 1 atom stereocenters. The van der Waals surface area contributed by atoms with Gasteiger partial charge in [0.25, 0.3) is 5.91 Å². The molecule has 1 aromatic heterocycles. The minimum Gasteiger partial charge on any atom is -0.452 e. The van der Waals surface area contributed by atoms with Gasteiger partial charge in [-0.25, -0.2) is 9.37 Å². The maximum Gasteiger partial charge on any atom is 0.317 e. The maximum absolute atomic E-state index is 13.8. The van der Waals surface area contributed by atoms with Gasteiger partial charge in [-0.05, 0) is 49.6 Å². The fourth-order valence-electron chi connectivity index (χ4n) is 4.03. The summed E-state index contributed by atoms with van der Waals surface area (Å²) in [6.07, 6.45) is 1.75. The lowest BCUT2D eigenvalue weighted by Gasteiger charge is -2.28. The van der Waals surface area contributed by atoms with Crippen LogP contribution in [-0.2, 0) is 19.7 Å². The van der Waals surface area contributed by atoms with E-state index in [1.807, 2.05) is 0 Å². The van der Waals surface area contributed by atoms with Gasteiger partial charge in [0.2, 0.25) is 0 Å². The monoisotopic (exact) mass is 506 g/mol. The normalized spacial score (nSPS) is 15.8. The Balaban J connectivity index is 1.44. The van der Waals surface area contributed by atoms with E-state index in [1.54, 1.807) is 35.7 Å². The molecule has 5 nitrogen and oxygen atoms in total. The zero-order valence-electron chi connectivity index (χ0n) is 17.7. The molecule has 1 N–H and O–H groups in total. The summed E-state index contributed by atoms with van der Waals surface area (Å²) >= 11 is 13.3. The summed E-state index contributed by atoms with van der Waals surface area (Å²) in [5.41, 5.74) is 1.05. The second kappa shape index (κ2) is 9.79. The number of esters is 1. The van der Waals surface area contributed by atoms with E-state index in [0.29, 0.717) is 39.3 Å². The number of hydrogen-bond acceptors (Lipinski definition) is 5. The van der Waals surface area contributed by atoms with Crippen LogP contribution in [-0.4, -0.2) is 23.0 Å². The number of carbonyl (C=O) groups is 2. The quantitative estimate of drug-likeness (QED) is 0.380. The number of amides is 1. The summed E-state index contributed by atoms with van der Waals surface area (Å²) in [4.78, 5) is 30.2. The predicted molar refractivity (Wildman–Crippen MR) is 128 cm³/mol. The van der Waals surface area contributed by atoms with Gasteiger partial charge in [0.15, 0.2) is 11.2 Å². The number of rotatable bonds is 6. The molecule has 0 unspecified atom stereocenters. The topological polar surface area (TPSA) is 68.3 Å². The van der Waals surface area contributed by atoms with Crippen molar-refractivity contribution < 1.29 is 18.7 Å². The standard InChI is InChI=1S/C24H21Cl2FN2O3S/c1-14(32-22(31)24(9-2-3-10-24)16-5-4-6-17(27)12-16)21(30)29-23-28-20(13-33-23)15-7-8-18(25)19(26)11-15/h4-8,11-14H,2-3,9-10H2,1H3,(H,28,29,30)/t14-/m0/s1. The van der Waals surface area contributed by atoms with Gasteiger partial charge >= 0.3 is 5.97 Å². The van der Waals surface area contributed by atoms with Crippen LogP contribution in [0.2, 0.25) is 10.0 Å². The van der Waals surface area contributed by atoms with E-state index in [1.165, 1.54) is 30.4 Å². The van der Waals surface area contributed by atoms with Crippen LogP contribution >= 0.6 is 34.5 Å². The van der Waals surface area contributed by atoms with Crippen molar-refractivity contribution >= 4 is 51.5 Å². The van der Waals surface area contributed by atoms with E-state index in [-0.39, 0.29) is 0 Å². The Morgan fingerprint density at radius 3 is 2.61 bits per heavy atom. The van der Waals surface area contributed by atoms with Crippen LogP contribution in [0.5, 0.6) is 0 Å². The largest absolute Gasteiger partial charge is 0.452 e. The molecule has 4 rings (SSSR count). The highest BCUT2D eigenvalue weighted by atomic mass is 35.5. The first kappa shape index (κ1) is 23.7. The first-order chi connectivity index (χ1) is 15.8. The molecule has 1 aliphatic carbocycles. The van der Waals surface area contributed by atoms with E-state index < -0.39 is 29.2 Å². The van der Waals surface area contributed by atoms with Crippen molar-refractivity contribution in [3.8, 4) is 11.3 Å². The average molecular weight is 507 g/mol. The third kappa shape index (κ3) is 5.05. The molecular formula is C24H21Cl2FN2O3S.